The van der Waals surface area contributed by atoms with E-state index in [-0.39, 0.29) is 6.61 Å². The van der Waals surface area contributed by atoms with E-state index in [1.165, 1.54) is 5.56 Å². The van der Waals surface area contributed by atoms with Crippen molar-refractivity contribution < 1.29 is 5.11 Å². The summed E-state index contributed by atoms with van der Waals surface area (Å²) in [6.07, 6.45) is 4.96. The summed E-state index contributed by atoms with van der Waals surface area (Å²) in [5.41, 5.74) is 1.26. The van der Waals surface area contributed by atoms with Gasteiger partial charge >= 0.3 is 0 Å². The highest BCUT2D eigenvalue weighted by molar-refractivity contribution is 7.99. The predicted octanol–water partition coefficient (Wildman–Crippen LogP) is 1.08. The maximum absolute atomic E-state index is 8.80. The largest absolute Gasteiger partial charge is 0.395 e. The van der Waals surface area contributed by atoms with Crippen LogP contribution < -0.4 is 0 Å². The fourth-order valence-corrected chi connectivity index (χ4v) is 1.89. The molecule has 0 aliphatic rings. The van der Waals surface area contributed by atoms with Crippen LogP contribution in [0.15, 0.2) is 12.4 Å². The second kappa shape index (κ2) is 5.29. The van der Waals surface area contributed by atoms with Crippen molar-refractivity contribution in [1.29, 1.82) is 0 Å². The minimum Gasteiger partial charge on any atom is -0.395 e. The first-order valence-corrected chi connectivity index (χ1v) is 5.47. The Hall–Kier alpha value is -0.480. The molecule has 3 nitrogen and oxygen atoms in total. The van der Waals surface area contributed by atoms with Gasteiger partial charge in [-0.3, -0.25) is 4.68 Å². The zero-order chi connectivity index (χ0) is 9.68. The maximum Gasteiger partial charge on any atom is 0.0547 e. The van der Waals surface area contributed by atoms with Crippen LogP contribution in [-0.2, 0) is 13.5 Å². The minimum atomic E-state index is 0.262. The Morgan fingerprint density at radius 1 is 1.69 bits per heavy atom. The molecular formula is C9H16N2OS. The van der Waals surface area contributed by atoms with Crippen molar-refractivity contribution in [2.45, 2.75) is 18.6 Å². The fourth-order valence-electron chi connectivity index (χ4n) is 1.03. The van der Waals surface area contributed by atoms with Gasteiger partial charge in [-0.25, -0.2) is 0 Å². The Morgan fingerprint density at radius 2 is 2.46 bits per heavy atom. The van der Waals surface area contributed by atoms with Crippen molar-refractivity contribution in [2.75, 3.05) is 12.4 Å². The Bertz CT molecular complexity index is 250. The normalized spacial score (nSPS) is 13.2. The molecule has 0 saturated heterocycles. The van der Waals surface area contributed by atoms with Gasteiger partial charge in [-0.15, -0.1) is 0 Å². The lowest BCUT2D eigenvalue weighted by molar-refractivity contribution is 0.300. The second-order valence-electron chi connectivity index (χ2n) is 3.14. The van der Waals surface area contributed by atoms with Gasteiger partial charge in [-0.1, -0.05) is 6.92 Å². The first-order chi connectivity index (χ1) is 6.22. The molecule has 0 radical (unpaired) electrons. The molecule has 1 atom stereocenters. The molecule has 0 bridgehead atoms. The van der Waals surface area contributed by atoms with E-state index in [9.17, 15) is 0 Å². The number of aliphatic hydroxyl groups excluding tert-OH is 1. The molecule has 1 aromatic heterocycles. The molecule has 0 aliphatic heterocycles. The average Bonchev–Trinajstić information content (AvgIpc) is 2.51. The summed E-state index contributed by atoms with van der Waals surface area (Å²) >= 11 is 1.79. The molecular weight excluding hydrogens is 184 g/mol. The average molecular weight is 200 g/mol. The summed E-state index contributed by atoms with van der Waals surface area (Å²) in [6.45, 7) is 2.30. The van der Waals surface area contributed by atoms with Crippen LogP contribution in [0.2, 0.25) is 0 Å². The van der Waals surface area contributed by atoms with Crippen LogP contribution in [-0.4, -0.2) is 32.5 Å². The smallest absolute Gasteiger partial charge is 0.0547 e. The van der Waals surface area contributed by atoms with Crippen molar-refractivity contribution in [1.82, 2.24) is 9.78 Å². The van der Waals surface area contributed by atoms with Crippen LogP contribution in [0.25, 0.3) is 0 Å². The summed E-state index contributed by atoms with van der Waals surface area (Å²) in [5.74, 6) is 1.05. The monoisotopic (exact) mass is 200 g/mol. The first kappa shape index (κ1) is 10.6. The zero-order valence-corrected chi connectivity index (χ0v) is 8.92. The van der Waals surface area contributed by atoms with Crippen LogP contribution >= 0.6 is 11.8 Å². The van der Waals surface area contributed by atoms with Gasteiger partial charge in [0.15, 0.2) is 0 Å². The highest BCUT2D eigenvalue weighted by atomic mass is 32.2. The van der Waals surface area contributed by atoms with Crippen LogP contribution in [0.5, 0.6) is 0 Å². The summed E-state index contributed by atoms with van der Waals surface area (Å²) in [6, 6.07) is 0. The highest BCUT2D eigenvalue weighted by Crippen LogP contribution is 2.11. The number of hydrogen-bond donors (Lipinski definition) is 1. The molecule has 0 aromatic carbocycles. The summed E-state index contributed by atoms with van der Waals surface area (Å²) in [5, 5.41) is 13.2. The molecule has 1 aromatic rings. The standard InChI is InChI=1S/C9H16N2OS/c1-8(7-12)13-4-3-9-5-10-11(2)6-9/h5-6,8,12H,3-4,7H2,1-2H3. The maximum atomic E-state index is 8.80. The van der Waals surface area contributed by atoms with E-state index < -0.39 is 0 Å². The molecule has 1 unspecified atom stereocenters. The lowest BCUT2D eigenvalue weighted by Gasteiger charge is -2.05. The van der Waals surface area contributed by atoms with Gasteiger partial charge in [0.1, 0.15) is 0 Å². The summed E-state index contributed by atoms with van der Waals surface area (Å²) < 4.78 is 1.81. The van der Waals surface area contributed by atoms with Gasteiger partial charge in [-0.2, -0.15) is 16.9 Å². The van der Waals surface area contributed by atoms with Crippen molar-refractivity contribution in [3.63, 3.8) is 0 Å². The minimum absolute atomic E-state index is 0.262. The van der Waals surface area contributed by atoms with E-state index in [0.29, 0.717) is 5.25 Å². The molecule has 0 fully saturated rings. The second-order valence-corrected chi connectivity index (χ2v) is 4.68. The Labute approximate surface area is 83.1 Å². The van der Waals surface area contributed by atoms with Crippen LogP contribution in [0.1, 0.15) is 12.5 Å². The number of aromatic nitrogens is 2. The molecule has 0 aliphatic carbocycles. The van der Waals surface area contributed by atoms with Crippen molar-refractivity contribution in [3.8, 4) is 0 Å². The van der Waals surface area contributed by atoms with Crippen LogP contribution in [0.3, 0.4) is 0 Å². The number of nitrogens with zero attached hydrogens (tertiary/aromatic N) is 2. The lowest BCUT2D eigenvalue weighted by Crippen LogP contribution is -2.03. The SMILES string of the molecule is CC(CO)SCCc1cnn(C)c1. The molecule has 1 N–H and O–H groups in total. The topological polar surface area (TPSA) is 38.1 Å². The number of aryl methyl sites for hydroxylation is 2. The predicted molar refractivity (Wildman–Crippen MR) is 55.9 cm³/mol. The fraction of sp³-hybridized carbons (Fsp3) is 0.667. The Kier molecular flexibility index (Phi) is 4.32. The molecule has 13 heavy (non-hydrogen) atoms. The van der Waals surface area contributed by atoms with Crippen molar-refractivity contribution in [3.05, 3.63) is 18.0 Å². The first-order valence-electron chi connectivity index (χ1n) is 4.42. The third kappa shape index (κ3) is 3.83. The molecule has 4 heteroatoms. The van der Waals surface area contributed by atoms with Gasteiger partial charge in [0.05, 0.1) is 12.8 Å². The van der Waals surface area contributed by atoms with Gasteiger partial charge < -0.3 is 5.11 Å². The number of rotatable bonds is 5. The van der Waals surface area contributed by atoms with Crippen molar-refractivity contribution >= 4 is 11.8 Å². The molecule has 1 heterocycles. The third-order valence-electron chi connectivity index (χ3n) is 1.81. The summed E-state index contributed by atoms with van der Waals surface area (Å²) in [7, 11) is 1.92. The number of aliphatic hydroxyl groups is 1. The van der Waals surface area contributed by atoms with Gasteiger partial charge in [-0.05, 0) is 17.7 Å². The zero-order valence-electron chi connectivity index (χ0n) is 8.10. The molecule has 0 saturated carbocycles. The van der Waals surface area contributed by atoms with E-state index >= 15 is 0 Å². The van der Waals surface area contributed by atoms with E-state index in [1.807, 2.05) is 31.0 Å². The van der Waals surface area contributed by atoms with E-state index in [1.54, 1.807) is 11.8 Å². The van der Waals surface area contributed by atoms with E-state index in [4.69, 9.17) is 5.11 Å². The van der Waals surface area contributed by atoms with E-state index in [2.05, 4.69) is 5.10 Å². The highest BCUT2D eigenvalue weighted by Gasteiger charge is 2.01. The van der Waals surface area contributed by atoms with Gasteiger partial charge in [0, 0.05) is 18.5 Å². The number of thioether (sulfide) groups is 1. The van der Waals surface area contributed by atoms with Crippen molar-refractivity contribution in [2.24, 2.45) is 7.05 Å². The molecule has 0 spiro atoms. The van der Waals surface area contributed by atoms with Gasteiger partial charge in [0.2, 0.25) is 0 Å². The van der Waals surface area contributed by atoms with Crippen LogP contribution in [0, 0.1) is 0 Å². The van der Waals surface area contributed by atoms with E-state index in [0.717, 1.165) is 12.2 Å². The molecule has 1 rings (SSSR count). The quantitative estimate of drug-likeness (QED) is 0.773. The number of hydrogen-bond acceptors (Lipinski definition) is 3. The van der Waals surface area contributed by atoms with Crippen LogP contribution in [0.4, 0.5) is 0 Å². The third-order valence-corrected chi connectivity index (χ3v) is 2.97. The molecule has 0 amide bonds. The lowest BCUT2D eigenvalue weighted by atomic mass is 10.3. The molecule has 74 valence electrons. The Balaban J connectivity index is 2.20. The summed E-state index contributed by atoms with van der Waals surface area (Å²) in [4.78, 5) is 0. The Morgan fingerprint density at radius 3 is 3.00 bits per heavy atom. The van der Waals surface area contributed by atoms with Gasteiger partial charge in [0.25, 0.3) is 0 Å².